The van der Waals surface area contributed by atoms with Gasteiger partial charge in [-0.25, -0.2) is 4.68 Å². The van der Waals surface area contributed by atoms with Crippen molar-refractivity contribution in [3.63, 3.8) is 0 Å². The van der Waals surface area contributed by atoms with E-state index in [-0.39, 0.29) is 11.3 Å². The first-order valence-electron chi connectivity index (χ1n) is 8.82. The summed E-state index contributed by atoms with van der Waals surface area (Å²) in [5.41, 5.74) is 0.544. The van der Waals surface area contributed by atoms with Crippen LogP contribution in [0.1, 0.15) is 10.5 Å². The molecule has 0 aliphatic carbocycles. The lowest BCUT2D eigenvalue weighted by molar-refractivity contribution is 0.102. The van der Waals surface area contributed by atoms with Crippen molar-refractivity contribution in [2.24, 2.45) is 7.05 Å². The molecular weight excluding hydrogens is 434 g/mol. The molecule has 3 aromatic carbocycles. The molecular formula is C22H16BrN3O3. The van der Waals surface area contributed by atoms with Crippen molar-refractivity contribution < 1.29 is 9.53 Å². The van der Waals surface area contributed by atoms with Gasteiger partial charge in [-0.1, -0.05) is 34.1 Å². The number of nitrogens with one attached hydrogen (secondary N) is 1. The van der Waals surface area contributed by atoms with Crippen molar-refractivity contribution in [2.45, 2.75) is 0 Å². The Kier molecular flexibility index (Phi) is 5.14. The number of nitrogens with zero attached hydrogens (tertiary/aromatic N) is 2. The van der Waals surface area contributed by atoms with Gasteiger partial charge in [-0.05, 0) is 54.6 Å². The number of carbonyl (C=O) groups excluding carboxylic acids is 1. The molecule has 144 valence electrons. The van der Waals surface area contributed by atoms with Crippen LogP contribution in [-0.2, 0) is 7.05 Å². The Morgan fingerprint density at radius 3 is 2.17 bits per heavy atom. The molecule has 1 amide bonds. The molecule has 1 N–H and O–H groups in total. The smallest absolute Gasteiger partial charge is 0.276 e. The van der Waals surface area contributed by atoms with Crippen molar-refractivity contribution in [3.05, 3.63) is 93.3 Å². The van der Waals surface area contributed by atoms with Crippen LogP contribution < -0.4 is 15.6 Å². The van der Waals surface area contributed by atoms with E-state index in [4.69, 9.17) is 4.74 Å². The Labute approximate surface area is 174 Å². The fourth-order valence-electron chi connectivity index (χ4n) is 2.90. The van der Waals surface area contributed by atoms with E-state index in [9.17, 15) is 9.59 Å². The van der Waals surface area contributed by atoms with Crippen LogP contribution in [0.4, 0.5) is 5.69 Å². The third-order valence-electron chi connectivity index (χ3n) is 4.33. The molecule has 6 nitrogen and oxygen atoms in total. The van der Waals surface area contributed by atoms with Gasteiger partial charge in [0.25, 0.3) is 11.5 Å². The molecule has 1 aromatic heterocycles. The number of carbonyl (C=O) groups is 1. The number of aryl methyl sites for hydroxylation is 1. The summed E-state index contributed by atoms with van der Waals surface area (Å²) in [4.78, 5) is 25.0. The van der Waals surface area contributed by atoms with Crippen LogP contribution in [0.15, 0.2) is 82.1 Å². The highest BCUT2D eigenvalue weighted by molar-refractivity contribution is 9.10. The standard InChI is InChI=1S/C22H16BrN3O3/c1-26-22(28)19-5-3-2-4-18(19)20(25-26)21(27)24-15-8-12-17(13-9-15)29-16-10-6-14(23)7-11-16/h2-13H,1H3,(H,24,27). The lowest BCUT2D eigenvalue weighted by Crippen LogP contribution is -2.25. The summed E-state index contributed by atoms with van der Waals surface area (Å²) in [5, 5.41) is 7.93. The molecule has 4 aromatic rings. The highest BCUT2D eigenvalue weighted by Crippen LogP contribution is 2.25. The predicted octanol–water partition coefficient (Wildman–Crippen LogP) is 4.74. The SMILES string of the molecule is Cn1nc(C(=O)Nc2ccc(Oc3ccc(Br)cc3)cc2)c2ccccc2c1=O. The van der Waals surface area contributed by atoms with Gasteiger partial charge in [0, 0.05) is 22.6 Å². The Morgan fingerprint density at radius 1 is 0.931 bits per heavy atom. The second kappa shape index (κ2) is 7.89. The molecule has 7 heteroatoms. The summed E-state index contributed by atoms with van der Waals surface area (Å²) in [5.74, 6) is 0.972. The normalized spacial score (nSPS) is 10.7. The minimum absolute atomic E-state index is 0.192. The average Bonchev–Trinajstić information content (AvgIpc) is 2.74. The van der Waals surface area contributed by atoms with E-state index in [0.29, 0.717) is 28.0 Å². The van der Waals surface area contributed by atoms with Gasteiger partial charge in [-0.2, -0.15) is 5.10 Å². The number of fused-ring (bicyclic) bond motifs is 1. The van der Waals surface area contributed by atoms with E-state index in [0.717, 1.165) is 4.47 Å². The molecule has 29 heavy (non-hydrogen) atoms. The van der Waals surface area contributed by atoms with Gasteiger partial charge in [0.05, 0.1) is 5.39 Å². The van der Waals surface area contributed by atoms with Crippen molar-refractivity contribution in [3.8, 4) is 11.5 Å². The fourth-order valence-corrected chi connectivity index (χ4v) is 3.17. The number of aromatic nitrogens is 2. The highest BCUT2D eigenvalue weighted by atomic mass is 79.9. The molecule has 0 spiro atoms. The zero-order valence-electron chi connectivity index (χ0n) is 15.4. The molecule has 0 aliphatic rings. The molecule has 0 aliphatic heterocycles. The van der Waals surface area contributed by atoms with Crippen molar-refractivity contribution in [1.82, 2.24) is 9.78 Å². The minimum atomic E-state index is -0.390. The first-order chi connectivity index (χ1) is 14.0. The van der Waals surface area contributed by atoms with Crippen LogP contribution >= 0.6 is 15.9 Å². The van der Waals surface area contributed by atoms with Gasteiger partial charge in [0.2, 0.25) is 0 Å². The van der Waals surface area contributed by atoms with E-state index < -0.39 is 5.91 Å². The zero-order chi connectivity index (χ0) is 20.4. The van der Waals surface area contributed by atoms with Crippen molar-refractivity contribution in [2.75, 3.05) is 5.32 Å². The number of hydrogen-bond acceptors (Lipinski definition) is 4. The van der Waals surface area contributed by atoms with Crippen molar-refractivity contribution >= 4 is 38.3 Å². The Balaban J connectivity index is 1.55. The number of ether oxygens (including phenoxy) is 1. The molecule has 1 heterocycles. The number of halogens is 1. The molecule has 0 unspecified atom stereocenters. The largest absolute Gasteiger partial charge is 0.457 e. The molecule has 0 radical (unpaired) electrons. The summed E-state index contributed by atoms with van der Waals surface area (Å²) >= 11 is 3.39. The van der Waals surface area contributed by atoms with Gasteiger partial charge in [-0.3, -0.25) is 9.59 Å². The van der Waals surface area contributed by atoms with Gasteiger partial charge in [0.15, 0.2) is 5.69 Å². The first-order valence-corrected chi connectivity index (χ1v) is 9.61. The topological polar surface area (TPSA) is 73.2 Å². The third kappa shape index (κ3) is 4.05. The van der Waals surface area contributed by atoms with Gasteiger partial charge >= 0.3 is 0 Å². The van der Waals surface area contributed by atoms with Crippen LogP contribution in [0.25, 0.3) is 10.8 Å². The van der Waals surface area contributed by atoms with E-state index in [1.165, 1.54) is 11.7 Å². The second-order valence-corrected chi connectivity index (χ2v) is 7.27. The maximum absolute atomic E-state index is 12.8. The molecule has 4 rings (SSSR count). The van der Waals surface area contributed by atoms with Crippen LogP contribution in [-0.4, -0.2) is 15.7 Å². The average molecular weight is 450 g/mol. The van der Waals surface area contributed by atoms with Gasteiger partial charge in [0.1, 0.15) is 11.5 Å². The lowest BCUT2D eigenvalue weighted by atomic mass is 10.1. The maximum atomic E-state index is 12.8. The summed E-state index contributed by atoms with van der Waals surface area (Å²) < 4.78 is 7.93. The summed E-state index contributed by atoms with van der Waals surface area (Å²) in [6.07, 6.45) is 0. The van der Waals surface area contributed by atoms with Crippen LogP contribution in [0, 0.1) is 0 Å². The first kappa shape index (κ1) is 18.9. The monoisotopic (exact) mass is 449 g/mol. The molecule has 0 fully saturated rings. The summed E-state index contributed by atoms with van der Waals surface area (Å²) in [6.45, 7) is 0. The van der Waals surface area contributed by atoms with Gasteiger partial charge in [-0.15, -0.1) is 0 Å². The number of rotatable bonds is 4. The number of benzene rings is 3. The van der Waals surface area contributed by atoms with Crippen LogP contribution in [0.5, 0.6) is 11.5 Å². The van der Waals surface area contributed by atoms with Gasteiger partial charge < -0.3 is 10.1 Å². The van der Waals surface area contributed by atoms with Crippen LogP contribution in [0.2, 0.25) is 0 Å². The fraction of sp³-hybridized carbons (Fsp3) is 0.0455. The Bertz CT molecular complexity index is 1250. The second-order valence-electron chi connectivity index (χ2n) is 6.36. The summed E-state index contributed by atoms with van der Waals surface area (Å²) in [7, 11) is 1.53. The number of amides is 1. The maximum Gasteiger partial charge on any atom is 0.276 e. The zero-order valence-corrected chi connectivity index (χ0v) is 17.0. The highest BCUT2D eigenvalue weighted by Gasteiger charge is 2.15. The van der Waals surface area contributed by atoms with E-state index in [2.05, 4.69) is 26.3 Å². The molecule has 0 saturated carbocycles. The third-order valence-corrected chi connectivity index (χ3v) is 4.86. The number of anilines is 1. The molecule has 0 atom stereocenters. The predicted molar refractivity (Wildman–Crippen MR) is 116 cm³/mol. The van der Waals surface area contributed by atoms with E-state index >= 15 is 0 Å². The van der Waals surface area contributed by atoms with Crippen LogP contribution in [0.3, 0.4) is 0 Å². The number of hydrogen-bond donors (Lipinski definition) is 1. The van der Waals surface area contributed by atoms with E-state index in [1.54, 1.807) is 48.5 Å². The lowest BCUT2D eigenvalue weighted by Gasteiger charge is -2.10. The Hall–Kier alpha value is -3.45. The molecule has 0 bridgehead atoms. The Morgan fingerprint density at radius 2 is 1.52 bits per heavy atom. The summed E-state index contributed by atoms with van der Waals surface area (Å²) in [6, 6.07) is 21.5. The van der Waals surface area contributed by atoms with Crippen molar-refractivity contribution in [1.29, 1.82) is 0 Å². The van der Waals surface area contributed by atoms with E-state index in [1.807, 2.05) is 24.3 Å². The minimum Gasteiger partial charge on any atom is -0.457 e. The quantitative estimate of drug-likeness (QED) is 0.488. The molecule has 0 saturated heterocycles.